The first-order valence-electron chi connectivity index (χ1n) is 33.5. The lowest BCUT2D eigenvalue weighted by atomic mass is 9.32. The van der Waals surface area contributed by atoms with Crippen molar-refractivity contribution >= 4 is 162 Å². The van der Waals surface area contributed by atoms with Crippen LogP contribution in [0.4, 0.5) is 51.4 Å². The quantitative estimate of drug-likeness (QED) is 0.160. The first-order valence-corrected chi connectivity index (χ1v) is 34.3. The van der Waals surface area contributed by atoms with Gasteiger partial charge in [-0.1, -0.05) is 194 Å². The standard InChI is InChI=1S/C84H65B2N7OS/c1-82(2,3)50-38-41-74-59(44-50)77-78(95-74)86-64-48-63-69(89(51-24-10-8-11-25-51)71-46-54(47-73-75(71)85(63)62-32-18-23-37-72(62)94-73)90-65-33-19-14-28-55(65)56-29-15-20-34-66(56)90)49-70(64)91(52-26-12-9-13-27-52)79-76(86)80(92(77)53-39-40-60-61(45-53)84(6,7)43-42-83(60,4)5)88-81(87-79)93-67-35-21-16-30-57(67)58-31-17-22-36-68(58)93/h8-41,44-49H,42-43H2,1-7H3. The summed E-state index contributed by atoms with van der Waals surface area (Å²) in [5.41, 5.74) is 22.8. The highest BCUT2D eigenvalue weighted by Crippen LogP contribution is 2.53. The van der Waals surface area contributed by atoms with Crippen LogP contribution in [0.5, 0.6) is 11.5 Å². The van der Waals surface area contributed by atoms with Crippen molar-refractivity contribution in [1.29, 1.82) is 0 Å². The molecule has 1 aliphatic carbocycles. The molecule has 0 spiro atoms. The van der Waals surface area contributed by atoms with Gasteiger partial charge >= 0.3 is 0 Å². The topological polar surface area (TPSA) is 54.6 Å². The van der Waals surface area contributed by atoms with Crippen LogP contribution >= 0.6 is 11.3 Å². The van der Waals surface area contributed by atoms with E-state index in [0.29, 0.717) is 5.95 Å². The van der Waals surface area contributed by atoms with Crippen LogP contribution in [0.25, 0.3) is 65.3 Å². The fourth-order valence-electron chi connectivity index (χ4n) is 17.1. The minimum atomic E-state index is -0.291. The van der Waals surface area contributed by atoms with E-state index in [9.17, 15) is 0 Å². The Morgan fingerprint density at radius 2 is 0.958 bits per heavy atom. The van der Waals surface area contributed by atoms with E-state index >= 15 is 0 Å². The van der Waals surface area contributed by atoms with Crippen molar-refractivity contribution in [3.63, 3.8) is 0 Å². The summed E-state index contributed by atoms with van der Waals surface area (Å²) in [6.07, 6.45) is 2.23. The molecule has 0 N–H and O–H groups in total. The molecule has 0 fully saturated rings. The maximum absolute atomic E-state index is 7.34. The van der Waals surface area contributed by atoms with E-state index in [1.807, 2.05) is 11.3 Å². The third kappa shape index (κ3) is 7.73. The molecule has 8 heterocycles. The molecule has 0 bridgehead atoms. The van der Waals surface area contributed by atoms with Gasteiger partial charge in [0.25, 0.3) is 13.4 Å². The molecule has 8 nitrogen and oxygen atoms in total. The molecule has 454 valence electrons. The number of benzene rings is 11. The van der Waals surface area contributed by atoms with Crippen LogP contribution in [-0.4, -0.2) is 32.5 Å². The minimum absolute atomic E-state index is 0.0199. The Morgan fingerprint density at radius 1 is 0.411 bits per heavy atom. The number of hydrogen-bond acceptors (Lipinski definition) is 7. The molecule has 0 saturated heterocycles. The first-order chi connectivity index (χ1) is 46.3. The predicted molar refractivity (Wildman–Crippen MR) is 400 cm³/mol. The summed E-state index contributed by atoms with van der Waals surface area (Å²) >= 11 is 1.93. The number of nitrogens with zero attached hydrogens (tertiary/aromatic N) is 7. The molecule has 5 aliphatic rings. The van der Waals surface area contributed by atoms with Crippen molar-refractivity contribution in [2.45, 2.75) is 77.6 Å². The monoisotopic (exact) mass is 1240 g/mol. The second kappa shape index (κ2) is 19.5. The lowest BCUT2D eigenvalue weighted by Gasteiger charge is -2.45. The van der Waals surface area contributed by atoms with Gasteiger partial charge in [-0.15, -0.1) is 11.3 Å². The zero-order valence-electron chi connectivity index (χ0n) is 54.1. The zero-order chi connectivity index (χ0) is 63.5. The van der Waals surface area contributed by atoms with Crippen LogP contribution in [0.3, 0.4) is 0 Å². The van der Waals surface area contributed by atoms with Gasteiger partial charge in [-0.3, -0.25) is 14.4 Å². The van der Waals surface area contributed by atoms with Gasteiger partial charge in [0.15, 0.2) is 0 Å². The number of hydrogen-bond donors (Lipinski definition) is 0. The molecule has 20 rings (SSSR count). The average molecular weight is 1240 g/mol. The summed E-state index contributed by atoms with van der Waals surface area (Å²) in [5, 5.41) is 5.97. The molecular formula is C84H65B2N7OS. The largest absolute Gasteiger partial charge is 0.458 e. The molecule has 0 radical (unpaired) electrons. The molecule has 0 saturated carbocycles. The van der Waals surface area contributed by atoms with E-state index in [2.05, 4.69) is 315 Å². The van der Waals surface area contributed by atoms with Crippen LogP contribution in [-0.2, 0) is 16.2 Å². The summed E-state index contributed by atoms with van der Waals surface area (Å²) in [7, 11) is 0. The summed E-state index contributed by atoms with van der Waals surface area (Å²) in [6.45, 7) is 16.3. The SMILES string of the molecule is CC(C)(C)c1ccc2sc3c(c2c1)N(c1ccc2c(c1)C(C)(C)CCC2(C)C)c1nc(-n2c4ccccc4c4ccccc42)nc2c1B3c1cc3c(cc1N2c1ccccc1)N(c1ccccc1)c1cc(-n2c4ccccc4c4ccccc42)cc2c1B3c1ccccc1O2. The van der Waals surface area contributed by atoms with Gasteiger partial charge in [-0.2, -0.15) is 9.97 Å². The Kier molecular flexibility index (Phi) is 11.3. The van der Waals surface area contributed by atoms with Crippen molar-refractivity contribution in [1.82, 2.24) is 19.1 Å². The van der Waals surface area contributed by atoms with Crippen LogP contribution in [0, 0.1) is 0 Å². The number of fused-ring (bicyclic) bond motifs is 17. The second-order valence-corrected chi connectivity index (χ2v) is 30.2. The van der Waals surface area contributed by atoms with Crippen LogP contribution in [0.1, 0.15) is 78.0 Å². The Balaban J connectivity index is 0.930. The smallest absolute Gasteiger partial charge is 0.268 e. The third-order valence-electron chi connectivity index (χ3n) is 21.8. The molecule has 0 unspecified atom stereocenters. The predicted octanol–water partition coefficient (Wildman–Crippen LogP) is 18.0. The third-order valence-corrected chi connectivity index (χ3v) is 23.0. The highest BCUT2D eigenvalue weighted by atomic mass is 32.1. The second-order valence-electron chi connectivity index (χ2n) is 29.1. The molecule has 4 aliphatic heterocycles. The van der Waals surface area contributed by atoms with Gasteiger partial charge in [-0.25, -0.2) is 0 Å². The number of ether oxygens (including phenoxy) is 1. The van der Waals surface area contributed by atoms with Gasteiger partial charge < -0.3 is 14.2 Å². The van der Waals surface area contributed by atoms with Gasteiger partial charge in [0.05, 0.1) is 33.4 Å². The molecule has 11 heteroatoms. The molecule has 0 amide bonds. The maximum Gasteiger partial charge on any atom is 0.268 e. The van der Waals surface area contributed by atoms with Crippen LogP contribution in [0.2, 0.25) is 0 Å². The van der Waals surface area contributed by atoms with E-state index in [4.69, 9.17) is 14.7 Å². The Bertz CT molecular complexity index is 5710. The van der Waals surface area contributed by atoms with Crippen molar-refractivity contribution in [2.24, 2.45) is 0 Å². The minimum Gasteiger partial charge on any atom is -0.458 e. The number of rotatable bonds is 5. The van der Waals surface area contributed by atoms with E-state index in [1.165, 1.54) is 58.9 Å². The normalized spacial score (nSPS) is 15.4. The highest BCUT2D eigenvalue weighted by molar-refractivity contribution is 7.33. The molecule has 11 aromatic carbocycles. The number of aromatic nitrogens is 4. The molecule has 95 heavy (non-hydrogen) atoms. The van der Waals surface area contributed by atoms with E-state index in [-0.39, 0.29) is 29.7 Å². The number of para-hydroxylation sites is 7. The Hall–Kier alpha value is -10.6. The Labute approximate surface area is 557 Å². The molecular weight excluding hydrogens is 1180 g/mol. The van der Waals surface area contributed by atoms with Gasteiger partial charge in [0.2, 0.25) is 5.95 Å². The first kappa shape index (κ1) is 54.9. The van der Waals surface area contributed by atoms with Crippen LogP contribution < -0.4 is 51.5 Å². The fraction of sp³-hybridized carbons (Fsp3) is 0.143. The van der Waals surface area contributed by atoms with Gasteiger partial charge in [-0.05, 0) is 159 Å². The van der Waals surface area contributed by atoms with E-state index in [0.717, 1.165) is 125 Å². The highest BCUT2D eigenvalue weighted by Gasteiger charge is 2.51. The van der Waals surface area contributed by atoms with E-state index in [1.54, 1.807) is 0 Å². The Morgan fingerprint density at radius 3 is 1.60 bits per heavy atom. The zero-order valence-corrected chi connectivity index (χ0v) is 54.9. The van der Waals surface area contributed by atoms with Crippen molar-refractivity contribution in [2.75, 3.05) is 14.7 Å². The molecule has 4 aromatic heterocycles. The summed E-state index contributed by atoms with van der Waals surface area (Å²) in [4.78, 5) is 19.9. The maximum atomic E-state index is 7.34. The number of anilines is 9. The van der Waals surface area contributed by atoms with Gasteiger partial charge in [0.1, 0.15) is 23.1 Å². The molecule has 15 aromatic rings. The average Bonchev–Trinajstić information content (AvgIpc) is 1.66. The summed E-state index contributed by atoms with van der Waals surface area (Å²) in [5.74, 6) is 4.07. The van der Waals surface area contributed by atoms with Crippen molar-refractivity contribution in [3.8, 4) is 23.1 Å². The fourth-order valence-corrected chi connectivity index (χ4v) is 18.4. The molecule has 0 atom stereocenters. The number of thiophene rings is 1. The van der Waals surface area contributed by atoms with Crippen molar-refractivity contribution < 1.29 is 4.74 Å². The van der Waals surface area contributed by atoms with Crippen molar-refractivity contribution in [3.05, 3.63) is 259 Å². The summed E-state index contributed by atoms with van der Waals surface area (Å²) < 4.78 is 14.6. The van der Waals surface area contributed by atoms with Gasteiger partial charge in [0, 0.05) is 82.1 Å². The summed E-state index contributed by atoms with van der Waals surface area (Å²) in [6, 6.07) is 90.3. The van der Waals surface area contributed by atoms with Crippen LogP contribution in [0.15, 0.2) is 243 Å². The lowest BCUT2D eigenvalue weighted by Crippen LogP contribution is -2.64. The van der Waals surface area contributed by atoms with E-state index < -0.39 is 0 Å². The lowest BCUT2D eigenvalue weighted by molar-refractivity contribution is 0.332.